The third-order valence-electron chi connectivity index (χ3n) is 4.67. The molecule has 1 amide bonds. The molecule has 2 aliphatic rings. The molecule has 2 aliphatic carbocycles. The summed E-state index contributed by atoms with van der Waals surface area (Å²) in [5.74, 6) is 0.0636. The molecule has 4 heteroatoms. The molecule has 0 heterocycles. The van der Waals surface area contributed by atoms with Crippen molar-refractivity contribution < 1.29 is 14.7 Å². The lowest BCUT2D eigenvalue weighted by Gasteiger charge is -2.21. The van der Waals surface area contributed by atoms with E-state index in [1.54, 1.807) is 0 Å². The highest BCUT2D eigenvalue weighted by molar-refractivity contribution is 5.80. The molecule has 4 nitrogen and oxygen atoms in total. The van der Waals surface area contributed by atoms with E-state index in [4.69, 9.17) is 5.11 Å². The lowest BCUT2D eigenvalue weighted by Crippen LogP contribution is -2.34. The average molecular weight is 267 g/mol. The molecular formula is C15H25NO3. The third-order valence-corrected chi connectivity index (χ3v) is 4.67. The summed E-state index contributed by atoms with van der Waals surface area (Å²) in [5.41, 5.74) is -0.640. The number of nitrogens with one attached hydrogen (secondary N) is 1. The van der Waals surface area contributed by atoms with Gasteiger partial charge in [0, 0.05) is 13.0 Å². The molecule has 2 fully saturated rings. The molecule has 0 aliphatic heterocycles. The predicted molar refractivity (Wildman–Crippen MR) is 72.7 cm³/mol. The summed E-state index contributed by atoms with van der Waals surface area (Å²) in [6.07, 6.45) is 10.7. The maximum atomic E-state index is 11.7. The molecule has 0 radical (unpaired) electrons. The van der Waals surface area contributed by atoms with Crippen LogP contribution in [0.3, 0.4) is 0 Å². The number of hydrogen-bond acceptors (Lipinski definition) is 2. The molecule has 0 bridgehead atoms. The van der Waals surface area contributed by atoms with Crippen molar-refractivity contribution in [3.05, 3.63) is 0 Å². The summed E-state index contributed by atoms with van der Waals surface area (Å²) in [4.78, 5) is 22.6. The Morgan fingerprint density at radius 3 is 2.42 bits per heavy atom. The summed E-state index contributed by atoms with van der Waals surface area (Å²) >= 11 is 0. The summed E-state index contributed by atoms with van der Waals surface area (Å²) in [5, 5.41) is 11.8. The second-order valence-corrected chi connectivity index (χ2v) is 6.26. The van der Waals surface area contributed by atoms with Gasteiger partial charge in [0.05, 0.1) is 5.41 Å². The van der Waals surface area contributed by atoms with E-state index in [0.29, 0.717) is 25.8 Å². The first kappa shape index (κ1) is 14.4. The Hall–Kier alpha value is -1.06. The van der Waals surface area contributed by atoms with Crippen LogP contribution in [0, 0.1) is 11.3 Å². The average Bonchev–Trinajstić information content (AvgIpc) is 3.19. The van der Waals surface area contributed by atoms with E-state index in [1.807, 2.05) is 0 Å². The summed E-state index contributed by atoms with van der Waals surface area (Å²) in [6.45, 7) is 0.310. The van der Waals surface area contributed by atoms with Gasteiger partial charge in [-0.25, -0.2) is 0 Å². The van der Waals surface area contributed by atoms with Gasteiger partial charge < -0.3 is 10.4 Å². The number of carbonyl (C=O) groups excluding carboxylic acids is 1. The Labute approximate surface area is 115 Å². The monoisotopic (exact) mass is 267 g/mol. The van der Waals surface area contributed by atoms with Crippen LogP contribution >= 0.6 is 0 Å². The Balaban J connectivity index is 1.56. The minimum absolute atomic E-state index is 0.0170. The van der Waals surface area contributed by atoms with Gasteiger partial charge in [-0.1, -0.05) is 32.1 Å². The van der Waals surface area contributed by atoms with Gasteiger partial charge in [0.1, 0.15) is 0 Å². The number of carboxylic acids is 1. The fourth-order valence-electron chi connectivity index (χ4n) is 3.00. The number of aliphatic carboxylic acids is 1. The normalized spacial score (nSPS) is 21.9. The molecule has 2 saturated carbocycles. The van der Waals surface area contributed by atoms with E-state index in [-0.39, 0.29) is 5.91 Å². The maximum Gasteiger partial charge on any atom is 0.311 e. The van der Waals surface area contributed by atoms with Gasteiger partial charge in [-0.3, -0.25) is 9.59 Å². The maximum absolute atomic E-state index is 11.7. The topological polar surface area (TPSA) is 66.4 Å². The summed E-state index contributed by atoms with van der Waals surface area (Å²) in [7, 11) is 0. The largest absolute Gasteiger partial charge is 0.481 e. The predicted octanol–water partition coefficient (Wildman–Crippen LogP) is 2.72. The molecule has 0 aromatic carbocycles. The van der Waals surface area contributed by atoms with E-state index in [9.17, 15) is 9.59 Å². The first-order valence-corrected chi connectivity index (χ1v) is 7.62. The van der Waals surface area contributed by atoms with Crippen LogP contribution in [0.2, 0.25) is 0 Å². The highest BCUT2D eigenvalue weighted by Crippen LogP contribution is 2.45. The Kier molecular flexibility index (Phi) is 4.83. The molecule has 0 unspecified atom stereocenters. The smallest absolute Gasteiger partial charge is 0.311 e. The van der Waals surface area contributed by atoms with Crippen LogP contribution in [-0.2, 0) is 9.59 Å². The van der Waals surface area contributed by atoms with Crippen molar-refractivity contribution in [1.82, 2.24) is 5.32 Å². The van der Waals surface area contributed by atoms with Crippen LogP contribution < -0.4 is 5.32 Å². The van der Waals surface area contributed by atoms with Crippen LogP contribution in [0.5, 0.6) is 0 Å². The Morgan fingerprint density at radius 2 is 1.84 bits per heavy atom. The van der Waals surface area contributed by atoms with Gasteiger partial charge in [0.25, 0.3) is 0 Å². The van der Waals surface area contributed by atoms with E-state index >= 15 is 0 Å². The molecule has 2 rings (SSSR count). The standard InChI is InChI=1S/C15H25NO3/c17-13(16-11-15(9-10-15)14(18)19)8-4-7-12-5-2-1-3-6-12/h12H,1-11H2,(H,16,17)(H,18,19). The zero-order valence-electron chi connectivity index (χ0n) is 11.6. The molecule has 0 atom stereocenters. The van der Waals surface area contributed by atoms with Crippen LogP contribution in [0.25, 0.3) is 0 Å². The zero-order chi connectivity index (χ0) is 13.7. The van der Waals surface area contributed by atoms with Gasteiger partial charge >= 0.3 is 5.97 Å². The van der Waals surface area contributed by atoms with E-state index < -0.39 is 11.4 Å². The molecule has 0 aromatic rings. The fraction of sp³-hybridized carbons (Fsp3) is 0.867. The van der Waals surface area contributed by atoms with E-state index in [2.05, 4.69) is 5.32 Å². The van der Waals surface area contributed by atoms with Crippen molar-refractivity contribution in [2.24, 2.45) is 11.3 Å². The van der Waals surface area contributed by atoms with Crippen LogP contribution in [0.15, 0.2) is 0 Å². The van der Waals surface area contributed by atoms with Crippen LogP contribution in [0.1, 0.15) is 64.2 Å². The lowest BCUT2D eigenvalue weighted by molar-refractivity contribution is -0.143. The van der Waals surface area contributed by atoms with E-state index in [0.717, 1.165) is 18.8 Å². The van der Waals surface area contributed by atoms with Gasteiger partial charge in [0.15, 0.2) is 0 Å². The quantitative estimate of drug-likeness (QED) is 0.745. The number of carboxylic acid groups (broad SMARTS) is 1. The van der Waals surface area contributed by atoms with Gasteiger partial charge in [0.2, 0.25) is 5.91 Å². The molecular weight excluding hydrogens is 242 g/mol. The first-order valence-electron chi connectivity index (χ1n) is 7.62. The summed E-state index contributed by atoms with van der Waals surface area (Å²) in [6, 6.07) is 0. The molecule has 0 aromatic heterocycles. The van der Waals surface area contributed by atoms with Crippen molar-refractivity contribution in [2.45, 2.75) is 64.2 Å². The number of carbonyl (C=O) groups is 2. The zero-order valence-corrected chi connectivity index (χ0v) is 11.6. The molecule has 108 valence electrons. The van der Waals surface area contributed by atoms with Crippen molar-refractivity contribution in [1.29, 1.82) is 0 Å². The van der Waals surface area contributed by atoms with Crippen molar-refractivity contribution in [2.75, 3.05) is 6.54 Å². The van der Waals surface area contributed by atoms with Crippen molar-refractivity contribution in [3.8, 4) is 0 Å². The molecule has 2 N–H and O–H groups in total. The van der Waals surface area contributed by atoms with Gasteiger partial charge in [-0.05, 0) is 31.6 Å². The van der Waals surface area contributed by atoms with Gasteiger partial charge in [-0.15, -0.1) is 0 Å². The second kappa shape index (κ2) is 6.40. The Morgan fingerprint density at radius 1 is 1.16 bits per heavy atom. The number of rotatable bonds is 7. The molecule has 0 saturated heterocycles. The van der Waals surface area contributed by atoms with Crippen molar-refractivity contribution >= 4 is 11.9 Å². The first-order chi connectivity index (χ1) is 9.12. The van der Waals surface area contributed by atoms with Gasteiger partial charge in [-0.2, -0.15) is 0 Å². The summed E-state index contributed by atoms with van der Waals surface area (Å²) < 4.78 is 0. The highest BCUT2D eigenvalue weighted by Gasteiger charge is 2.50. The lowest BCUT2D eigenvalue weighted by atomic mass is 9.86. The molecule has 19 heavy (non-hydrogen) atoms. The molecule has 0 spiro atoms. The number of hydrogen-bond donors (Lipinski definition) is 2. The SMILES string of the molecule is O=C(CCCC1CCCCC1)NCC1(C(=O)O)CC1. The van der Waals surface area contributed by atoms with E-state index in [1.165, 1.54) is 32.1 Å². The minimum Gasteiger partial charge on any atom is -0.481 e. The second-order valence-electron chi connectivity index (χ2n) is 6.26. The third kappa shape index (κ3) is 4.22. The fourth-order valence-corrected chi connectivity index (χ4v) is 3.00. The van der Waals surface area contributed by atoms with Crippen LogP contribution in [-0.4, -0.2) is 23.5 Å². The highest BCUT2D eigenvalue weighted by atomic mass is 16.4. The Bertz CT molecular complexity index is 330. The minimum atomic E-state index is -0.769. The van der Waals surface area contributed by atoms with Crippen LogP contribution in [0.4, 0.5) is 0 Å². The van der Waals surface area contributed by atoms with Crippen molar-refractivity contribution in [3.63, 3.8) is 0 Å². The number of amides is 1.